The summed E-state index contributed by atoms with van der Waals surface area (Å²) < 4.78 is 5.12. The number of ketones is 1. The van der Waals surface area contributed by atoms with Crippen LogP contribution in [0.3, 0.4) is 0 Å². The molecule has 1 aliphatic rings. The average molecular weight is 380 g/mol. The van der Waals surface area contributed by atoms with E-state index >= 15 is 0 Å². The summed E-state index contributed by atoms with van der Waals surface area (Å²) in [5.41, 5.74) is 2.49. The third-order valence-electron chi connectivity index (χ3n) is 5.20. The number of hydrogen-bond donors (Lipinski definition) is 0. The molecule has 2 aromatic rings. The Kier molecular flexibility index (Phi) is 6.95. The highest BCUT2D eigenvalue weighted by Crippen LogP contribution is 2.29. The smallest absolute Gasteiger partial charge is 0.331 e. The summed E-state index contributed by atoms with van der Waals surface area (Å²) >= 11 is 0. The molecule has 1 fully saturated rings. The second-order valence-corrected chi connectivity index (χ2v) is 7.06. The van der Waals surface area contributed by atoms with Gasteiger partial charge in [0.2, 0.25) is 0 Å². The van der Waals surface area contributed by atoms with Gasteiger partial charge in [0.25, 0.3) is 0 Å². The van der Waals surface area contributed by atoms with E-state index in [4.69, 9.17) is 4.74 Å². The lowest BCUT2D eigenvalue weighted by Crippen LogP contribution is -2.55. The Balaban J connectivity index is 1.77. The van der Waals surface area contributed by atoms with Gasteiger partial charge in [-0.3, -0.25) is 14.6 Å². The first kappa shape index (κ1) is 20.2. The number of esters is 1. The zero-order chi connectivity index (χ0) is 19.9. The van der Waals surface area contributed by atoms with Gasteiger partial charge < -0.3 is 4.74 Å². The highest BCUT2D eigenvalue weighted by Gasteiger charge is 2.35. The normalized spacial score (nSPS) is 16.7. The van der Waals surface area contributed by atoms with Gasteiger partial charge in [0.1, 0.15) is 0 Å². The predicted molar refractivity (Wildman–Crippen MR) is 109 cm³/mol. The predicted octanol–water partition coefficient (Wildman–Crippen LogP) is 2.91. The van der Waals surface area contributed by atoms with Crippen LogP contribution in [0, 0.1) is 0 Å². The largest absolute Gasteiger partial charge is 0.464 e. The standard InChI is InChI=1S/C23H28N2O3/c1-3-28-23(27)21(18(2)26)24-14-16-25(17-15-24)22(19-10-6-4-7-11-19)20-12-8-5-9-13-20/h4-13,21-22H,3,14-17H2,1-2H3. The molecular weight excluding hydrogens is 352 g/mol. The van der Waals surface area contributed by atoms with E-state index < -0.39 is 12.0 Å². The fraction of sp³-hybridized carbons (Fsp3) is 0.391. The molecule has 1 aliphatic heterocycles. The highest BCUT2D eigenvalue weighted by atomic mass is 16.5. The monoisotopic (exact) mass is 380 g/mol. The average Bonchev–Trinajstić information content (AvgIpc) is 2.71. The van der Waals surface area contributed by atoms with E-state index in [9.17, 15) is 9.59 Å². The minimum absolute atomic E-state index is 0.155. The molecule has 0 aliphatic carbocycles. The number of Topliss-reactive ketones (excluding diaryl/α,β-unsaturated/α-hetero) is 1. The molecule has 1 unspecified atom stereocenters. The van der Waals surface area contributed by atoms with Crippen LogP contribution in [0.15, 0.2) is 60.7 Å². The Morgan fingerprint density at radius 2 is 1.32 bits per heavy atom. The topological polar surface area (TPSA) is 49.9 Å². The van der Waals surface area contributed by atoms with Crippen molar-refractivity contribution >= 4 is 11.8 Å². The summed E-state index contributed by atoms with van der Waals surface area (Å²) in [6.45, 7) is 6.36. The van der Waals surface area contributed by atoms with Crippen molar-refractivity contribution in [3.8, 4) is 0 Å². The van der Waals surface area contributed by atoms with Gasteiger partial charge in [-0.15, -0.1) is 0 Å². The number of carbonyl (C=O) groups is 2. The number of piperazine rings is 1. The lowest BCUT2D eigenvalue weighted by atomic mass is 9.96. The summed E-state index contributed by atoms with van der Waals surface area (Å²) in [6, 6.07) is 20.3. The second-order valence-electron chi connectivity index (χ2n) is 7.06. The van der Waals surface area contributed by atoms with E-state index in [1.165, 1.54) is 18.1 Å². The van der Waals surface area contributed by atoms with Gasteiger partial charge in [-0.2, -0.15) is 0 Å². The van der Waals surface area contributed by atoms with Crippen LogP contribution in [-0.4, -0.2) is 60.4 Å². The first-order chi connectivity index (χ1) is 13.6. The van der Waals surface area contributed by atoms with Crippen LogP contribution in [0.2, 0.25) is 0 Å². The molecule has 28 heavy (non-hydrogen) atoms. The molecule has 0 N–H and O–H groups in total. The maximum atomic E-state index is 12.2. The maximum Gasteiger partial charge on any atom is 0.331 e. The molecule has 0 radical (unpaired) electrons. The molecule has 0 spiro atoms. The third-order valence-corrected chi connectivity index (χ3v) is 5.20. The van der Waals surface area contributed by atoms with E-state index in [1.54, 1.807) is 6.92 Å². The van der Waals surface area contributed by atoms with Crippen LogP contribution in [0.25, 0.3) is 0 Å². The van der Waals surface area contributed by atoms with Crippen LogP contribution in [0.1, 0.15) is 31.0 Å². The van der Waals surface area contributed by atoms with Crippen molar-refractivity contribution < 1.29 is 14.3 Å². The molecule has 3 rings (SSSR count). The van der Waals surface area contributed by atoms with Crippen molar-refractivity contribution in [2.24, 2.45) is 0 Å². The SMILES string of the molecule is CCOC(=O)C(C(C)=O)N1CCN(C(c2ccccc2)c2ccccc2)CC1. The molecule has 148 valence electrons. The summed E-state index contributed by atoms with van der Waals surface area (Å²) in [4.78, 5) is 28.7. The van der Waals surface area contributed by atoms with E-state index in [1.807, 2.05) is 17.0 Å². The molecule has 5 heteroatoms. The number of hydrogen-bond acceptors (Lipinski definition) is 5. The Hall–Kier alpha value is -2.50. The Morgan fingerprint density at radius 3 is 1.75 bits per heavy atom. The lowest BCUT2D eigenvalue weighted by molar-refractivity contribution is -0.153. The van der Waals surface area contributed by atoms with Gasteiger partial charge in [0.15, 0.2) is 11.8 Å². The second kappa shape index (κ2) is 9.62. The zero-order valence-corrected chi connectivity index (χ0v) is 16.6. The molecule has 1 atom stereocenters. The van der Waals surface area contributed by atoms with Gasteiger partial charge in [-0.05, 0) is 25.0 Å². The van der Waals surface area contributed by atoms with Crippen molar-refractivity contribution in [1.82, 2.24) is 9.80 Å². The van der Waals surface area contributed by atoms with Gasteiger partial charge in [0, 0.05) is 26.2 Å². The van der Waals surface area contributed by atoms with E-state index in [-0.39, 0.29) is 18.4 Å². The van der Waals surface area contributed by atoms with E-state index in [0.29, 0.717) is 13.1 Å². The quantitative estimate of drug-likeness (QED) is 0.546. The van der Waals surface area contributed by atoms with Gasteiger partial charge in [-0.1, -0.05) is 60.7 Å². The third kappa shape index (κ3) is 4.66. The summed E-state index contributed by atoms with van der Waals surface area (Å²) in [5.74, 6) is -0.597. The molecule has 1 heterocycles. The molecule has 0 saturated carbocycles. The fourth-order valence-electron chi connectivity index (χ4n) is 3.93. The van der Waals surface area contributed by atoms with Crippen LogP contribution < -0.4 is 0 Å². The first-order valence-electron chi connectivity index (χ1n) is 9.87. The van der Waals surface area contributed by atoms with Crippen molar-refractivity contribution in [3.63, 3.8) is 0 Å². The fourth-order valence-corrected chi connectivity index (χ4v) is 3.93. The van der Waals surface area contributed by atoms with Crippen molar-refractivity contribution in [3.05, 3.63) is 71.8 Å². The van der Waals surface area contributed by atoms with E-state index in [2.05, 4.69) is 53.4 Å². The zero-order valence-electron chi connectivity index (χ0n) is 16.6. The Morgan fingerprint density at radius 1 is 0.857 bits per heavy atom. The Bertz CT molecular complexity index is 731. The highest BCUT2D eigenvalue weighted by molar-refractivity contribution is 6.01. The number of rotatable bonds is 7. The summed E-state index contributed by atoms with van der Waals surface area (Å²) in [5, 5.41) is 0. The molecule has 0 aromatic heterocycles. The van der Waals surface area contributed by atoms with E-state index in [0.717, 1.165) is 13.1 Å². The number of nitrogens with zero attached hydrogens (tertiary/aromatic N) is 2. The lowest BCUT2D eigenvalue weighted by Gasteiger charge is -2.41. The molecule has 5 nitrogen and oxygen atoms in total. The van der Waals surface area contributed by atoms with Crippen molar-refractivity contribution in [2.45, 2.75) is 25.9 Å². The number of carbonyl (C=O) groups excluding carboxylic acids is 2. The molecule has 2 aromatic carbocycles. The van der Waals surface area contributed by atoms with Gasteiger partial charge >= 0.3 is 5.97 Å². The minimum atomic E-state index is -0.797. The van der Waals surface area contributed by atoms with Gasteiger partial charge in [0.05, 0.1) is 12.6 Å². The maximum absolute atomic E-state index is 12.2. The minimum Gasteiger partial charge on any atom is -0.464 e. The van der Waals surface area contributed by atoms with Crippen LogP contribution in [-0.2, 0) is 14.3 Å². The summed E-state index contributed by atoms with van der Waals surface area (Å²) in [7, 11) is 0. The number of benzene rings is 2. The first-order valence-corrected chi connectivity index (χ1v) is 9.87. The molecule has 0 bridgehead atoms. The van der Waals surface area contributed by atoms with Crippen molar-refractivity contribution in [2.75, 3.05) is 32.8 Å². The Labute approximate surface area is 166 Å². The molecule has 1 saturated heterocycles. The molecular formula is C23H28N2O3. The van der Waals surface area contributed by atoms with Gasteiger partial charge in [-0.25, -0.2) is 4.79 Å². The number of ether oxygens (including phenoxy) is 1. The van der Waals surface area contributed by atoms with Crippen molar-refractivity contribution in [1.29, 1.82) is 0 Å². The van der Waals surface area contributed by atoms with Crippen LogP contribution in [0.5, 0.6) is 0 Å². The van der Waals surface area contributed by atoms with Crippen LogP contribution >= 0.6 is 0 Å². The van der Waals surface area contributed by atoms with Crippen LogP contribution in [0.4, 0.5) is 0 Å². The summed E-state index contributed by atoms with van der Waals surface area (Å²) in [6.07, 6.45) is 0. The molecule has 0 amide bonds.